The van der Waals surface area contributed by atoms with Gasteiger partial charge in [-0.2, -0.15) is 0 Å². The average Bonchev–Trinajstić information content (AvgIpc) is 2.78. The summed E-state index contributed by atoms with van der Waals surface area (Å²) in [4.78, 5) is 0. The standard InChI is InChI=1S/C30H52O/c1-4-6-8-10-12-13-16-22-30(23-17-15-18-24-30)29-21-20-28(26-27(29)3)31-25-19-14-11-9-7-5-2/h20-21,26H,4-19,22-25H2,1-3H3. The Bertz CT molecular complexity index is 570. The molecule has 0 atom stereocenters. The van der Waals surface area contributed by atoms with Gasteiger partial charge in [-0.3, -0.25) is 0 Å². The Morgan fingerprint density at radius 3 is 1.90 bits per heavy atom. The van der Waals surface area contributed by atoms with Crippen LogP contribution >= 0.6 is 0 Å². The van der Waals surface area contributed by atoms with Crippen molar-refractivity contribution in [1.29, 1.82) is 0 Å². The molecule has 1 heteroatoms. The fourth-order valence-electron chi connectivity index (χ4n) is 5.70. The van der Waals surface area contributed by atoms with E-state index in [1.807, 2.05) is 0 Å². The molecule has 1 fully saturated rings. The van der Waals surface area contributed by atoms with Gasteiger partial charge in [-0.15, -0.1) is 0 Å². The van der Waals surface area contributed by atoms with Crippen LogP contribution in [-0.4, -0.2) is 6.61 Å². The molecule has 1 aliphatic carbocycles. The lowest BCUT2D eigenvalue weighted by atomic mass is 9.65. The van der Waals surface area contributed by atoms with Gasteiger partial charge >= 0.3 is 0 Å². The molecule has 0 spiro atoms. The maximum absolute atomic E-state index is 6.11. The van der Waals surface area contributed by atoms with Crippen molar-refractivity contribution >= 4 is 0 Å². The van der Waals surface area contributed by atoms with Gasteiger partial charge in [0.1, 0.15) is 5.75 Å². The van der Waals surface area contributed by atoms with E-state index >= 15 is 0 Å². The predicted octanol–water partition coefficient (Wildman–Crippen LogP) is 10.1. The van der Waals surface area contributed by atoms with Crippen LogP contribution in [0.15, 0.2) is 18.2 Å². The van der Waals surface area contributed by atoms with Crippen LogP contribution in [0.2, 0.25) is 0 Å². The topological polar surface area (TPSA) is 9.23 Å². The van der Waals surface area contributed by atoms with Crippen molar-refractivity contribution in [3.63, 3.8) is 0 Å². The first-order valence-electron chi connectivity index (χ1n) is 14.0. The highest BCUT2D eigenvalue weighted by atomic mass is 16.5. The monoisotopic (exact) mass is 428 g/mol. The molecular formula is C30H52O. The van der Waals surface area contributed by atoms with E-state index in [4.69, 9.17) is 4.74 Å². The zero-order valence-electron chi connectivity index (χ0n) is 21.3. The van der Waals surface area contributed by atoms with E-state index in [9.17, 15) is 0 Å². The summed E-state index contributed by atoms with van der Waals surface area (Å²) in [6.07, 6.45) is 26.2. The number of aryl methyl sites for hydroxylation is 1. The predicted molar refractivity (Wildman–Crippen MR) is 137 cm³/mol. The fraction of sp³-hybridized carbons (Fsp3) is 0.800. The minimum Gasteiger partial charge on any atom is -0.494 e. The molecule has 178 valence electrons. The Kier molecular flexibility index (Phi) is 13.4. The number of unbranched alkanes of at least 4 members (excludes halogenated alkanes) is 11. The van der Waals surface area contributed by atoms with E-state index in [0.29, 0.717) is 5.41 Å². The molecule has 0 N–H and O–H groups in total. The molecule has 31 heavy (non-hydrogen) atoms. The van der Waals surface area contributed by atoms with E-state index in [2.05, 4.69) is 39.0 Å². The summed E-state index contributed by atoms with van der Waals surface area (Å²) in [5.74, 6) is 1.08. The van der Waals surface area contributed by atoms with Gasteiger partial charge in [-0.05, 0) is 61.3 Å². The van der Waals surface area contributed by atoms with Crippen molar-refractivity contribution in [3.05, 3.63) is 29.3 Å². The lowest BCUT2D eigenvalue weighted by Gasteiger charge is -2.39. The molecule has 1 saturated carbocycles. The van der Waals surface area contributed by atoms with Gasteiger partial charge in [-0.25, -0.2) is 0 Å². The molecule has 0 aromatic heterocycles. The van der Waals surface area contributed by atoms with Crippen molar-refractivity contribution in [1.82, 2.24) is 0 Å². The van der Waals surface area contributed by atoms with Crippen molar-refractivity contribution in [3.8, 4) is 5.75 Å². The highest BCUT2D eigenvalue weighted by Gasteiger charge is 2.34. The first-order chi connectivity index (χ1) is 15.2. The Labute approximate surface area is 194 Å². The van der Waals surface area contributed by atoms with Crippen LogP contribution in [0.25, 0.3) is 0 Å². The maximum atomic E-state index is 6.11. The Morgan fingerprint density at radius 2 is 1.29 bits per heavy atom. The fourth-order valence-corrected chi connectivity index (χ4v) is 5.70. The molecular weight excluding hydrogens is 376 g/mol. The second-order valence-corrected chi connectivity index (χ2v) is 10.3. The molecule has 0 saturated heterocycles. The molecule has 0 aliphatic heterocycles. The zero-order valence-corrected chi connectivity index (χ0v) is 21.3. The van der Waals surface area contributed by atoms with Crippen LogP contribution in [-0.2, 0) is 5.41 Å². The summed E-state index contributed by atoms with van der Waals surface area (Å²) < 4.78 is 6.11. The lowest BCUT2D eigenvalue weighted by Crippen LogP contribution is -2.30. The van der Waals surface area contributed by atoms with Crippen LogP contribution in [0.3, 0.4) is 0 Å². The third-order valence-electron chi connectivity index (χ3n) is 7.61. The van der Waals surface area contributed by atoms with Gasteiger partial charge in [0, 0.05) is 0 Å². The van der Waals surface area contributed by atoms with Crippen molar-refractivity contribution in [2.45, 2.75) is 148 Å². The summed E-state index contributed by atoms with van der Waals surface area (Å²) in [5, 5.41) is 0. The van der Waals surface area contributed by atoms with Crippen LogP contribution in [0.4, 0.5) is 0 Å². The minimum atomic E-state index is 0.434. The summed E-state index contributed by atoms with van der Waals surface area (Å²) in [6.45, 7) is 7.78. The molecule has 1 nitrogen and oxygen atoms in total. The summed E-state index contributed by atoms with van der Waals surface area (Å²) in [7, 11) is 0. The van der Waals surface area contributed by atoms with E-state index < -0.39 is 0 Å². The van der Waals surface area contributed by atoms with Crippen LogP contribution in [0.5, 0.6) is 5.75 Å². The van der Waals surface area contributed by atoms with Crippen LogP contribution < -0.4 is 4.74 Å². The Hall–Kier alpha value is -0.980. The van der Waals surface area contributed by atoms with Gasteiger partial charge in [0.05, 0.1) is 6.61 Å². The second-order valence-electron chi connectivity index (χ2n) is 10.3. The minimum absolute atomic E-state index is 0.434. The van der Waals surface area contributed by atoms with Crippen molar-refractivity contribution in [2.24, 2.45) is 0 Å². The number of rotatable bonds is 17. The average molecular weight is 429 g/mol. The van der Waals surface area contributed by atoms with Crippen LogP contribution in [0.1, 0.15) is 147 Å². The Morgan fingerprint density at radius 1 is 0.710 bits per heavy atom. The number of hydrogen-bond acceptors (Lipinski definition) is 1. The number of benzene rings is 1. The summed E-state index contributed by atoms with van der Waals surface area (Å²) in [6, 6.07) is 7.02. The van der Waals surface area contributed by atoms with E-state index in [1.54, 1.807) is 5.56 Å². The third kappa shape index (κ3) is 9.58. The second kappa shape index (κ2) is 15.8. The zero-order chi connectivity index (χ0) is 22.2. The van der Waals surface area contributed by atoms with Crippen LogP contribution in [0, 0.1) is 6.92 Å². The molecule has 1 aliphatic rings. The molecule has 1 aromatic carbocycles. The molecule has 0 bridgehead atoms. The molecule has 1 aromatic rings. The molecule has 0 unspecified atom stereocenters. The van der Waals surface area contributed by atoms with Crippen molar-refractivity contribution in [2.75, 3.05) is 6.61 Å². The quantitative estimate of drug-likeness (QED) is 0.224. The summed E-state index contributed by atoms with van der Waals surface area (Å²) >= 11 is 0. The van der Waals surface area contributed by atoms with Gasteiger partial charge in [0.15, 0.2) is 0 Å². The first kappa shape index (κ1) is 26.3. The van der Waals surface area contributed by atoms with Gasteiger partial charge in [0.2, 0.25) is 0 Å². The molecule has 0 amide bonds. The molecule has 2 rings (SSSR count). The number of hydrogen-bond donors (Lipinski definition) is 0. The maximum Gasteiger partial charge on any atom is 0.119 e. The van der Waals surface area contributed by atoms with E-state index in [-0.39, 0.29) is 0 Å². The first-order valence-corrected chi connectivity index (χ1v) is 14.0. The van der Waals surface area contributed by atoms with Gasteiger partial charge in [0.25, 0.3) is 0 Å². The smallest absolute Gasteiger partial charge is 0.119 e. The number of ether oxygens (including phenoxy) is 1. The van der Waals surface area contributed by atoms with Gasteiger partial charge < -0.3 is 4.74 Å². The van der Waals surface area contributed by atoms with Crippen molar-refractivity contribution < 1.29 is 4.74 Å². The highest BCUT2D eigenvalue weighted by Crippen LogP contribution is 2.45. The highest BCUT2D eigenvalue weighted by molar-refractivity contribution is 5.40. The summed E-state index contributed by atoms with van der Waals surface area (Å²) in [5.41, 5.74) is 3.53. The third-order valence-corrected chi connectivity index (χ3v) is 7.61. The molecule has 0 heterocycles. The van der Waals surface area contributed by atoms with E-state index in [1.165, 1.54) is 128 Å². The lowest BCUT2D eigenvalue weighted by molar-refractivity contribution is 0.263. The largest absolute Gasteiger partial charge is 0.494 e. The Balaban J connectivity index is 1.84. The normalized spacial score (nSPS) is 15.8. The SMILES string of the molecule is CCCCCCCCCC1(c2ccc(OCCCCCCCC)cc2C)CCCCC1. The van der Waals surface area contributed by atoms with E-state index in [0.717, 1.165) is 12.4 Å². The van der Waals surface area contributed by atoms with Gasteiger partial charge in [-0.1, -0.05) is 116 Å². The molecule has 0 radical (unpaired) electrons.